The number of rotatable bonds is 4. The molecule has 6 aromatic rings. The number of hydrogen-bond acceptors (Lipinski definition) is 0. The monoisotopic (exact) mass is 686 g/mol. The van der Waals surface area contributed by atoms with Crippen LogP contribution in [-0.2, 0) is 26.2 Å². The molecule has 0 saturated heterocycles. The maximum Gasteiger partial charge on any atom is 4.00 e. The van der Waals surface area contributed by atoms with Crippen molar-refractivity contribution in [1.82, 2.24) is 0 Å². The maximum absolute atomic E-state index is 2.24. The van der Waals surface area contributed by atoms with Gasteiger partial charge in [-0.1, -0.05) is 144 Å². The van der Waals surface area contributed by atoms with E-state index in [0.29, 0.717) is 0 Å². The van der Waals surface area contributed by atoms with Gasteiger partial charge in [-0.3, -0.25) is 0 Å². The van der Waals surface area contributed by atoms with Gasteiger partial charge < -0.3 is 41.2 Å². The van der Waals surface area contributed by atoms with E-state index < -0.39 is 0 Å². The SMILES string of the molecule is Cc1c(-c2ccccc2)[p-]c(-c2ccccc2)c1C.Cc1c(-c2ccccc2)[p-]c(-c2ccccc2)c1C.[Cl-].[Cl-].[Zr+4]. The van der Waals surface area contributed by atoms with Crippen molar-refractivity contribution in [1.29, 1.82) is 0 Å². The molecular weight excluding hydrogens is 656 g/mol. The fourth-order valence-corrected chi connectivity index (χ4v) is 7.68. The van der Waals surface area contributed by atoms with Gasteiger partial charge in [0.05, 0.1) is 0 Å². The van der Waals surface area contributed by atoms with Crippen LogP contribution in [0.3, 0.4) is 0 Å². The second-order valence-corrected chi connectivity index (χ2v) is 11.8. The Morgan fingerprint density at radius 1 is 0.317 bits per heavy atom. The van der Waals surface area contributed by atoms with Crippen LogP contribution in [-0.4, -0.2) is 0 Å². The van der Waals surface area contributed by atoms with Crippen molar-refractivity contribution < 1.29 is 51.0 Å². The Kier molecular flexibility index (Phi) is 14.1. The summed E-state index contributed by atoms with van der Waals surface area (Å²) >= 11 is 0. The number of hydrogen-bond donors (Lipinski definition) is 0. The second-order valence-electron chi connectivity index (χ2n) is 9.58. The van der Waals surface area contributed by atoms with E-state index in [9.17, 15) is 0 Å². The van der Waals surface area contributed by atoms with Crippen molar-refractivity contribution in [2.45, 2.75) is 27.7 Å². The second kappa shape index (κ2) is 16.5. The molecule has 0 radical (unpaired) electrons. The van der Waals surface area contributed by atoms with E-state index in [-0.39, 0.29) is 51.0 Å². The van der Waals surface area contributed by atoms with Crippen LogP contribution in [0.2, 0.25) is 0 Å². The summed E-state index contributed by atoms with van der Waals surface area (Å²) in [6, 6.07) is 42.8. The smallest absolute Gasteiger partial charge is 1.00 e. The zero-order valence-corrected chi connectivity index (χ0v) is 29.5. The Balaban J connectivity index is 0.000000267. The van der Waals surface area contributed by atoms with Crippen molar-refractivity contribution in [3.63, 3.8) is 0 Å². The number of halogens is 2. The molecule has 6 rings (SSSR count). The largest absolute Gasteiger partial charge is 4.00 e. The van der Waals surface area contributed by atoms with E-state index in [1.165, 1.54) is 82.1 Å². The van der Waals surface area contributed by atoms with Crippen molar-refractivity contribution >= 4 is 16.4 Å². The molecule has 0 nitrogen and oxygen atoms in total. The average Bonchev–Trinajstić information content (AvgIpc) is 3.45. The van der Waals surface area contributed by atoms with Gasteiger partial charge in [0.1, 0.15) is 0 Å². The van der Waals surface area contributed by atoms with Crippen LogP contribution in [0.5, 0.6) is 0 Å². The van der Waals surface area contributed by atoms with Gasteiger partial charge in [0.2, 0.25) is 0 Å². The number of benzene rings is 4. The summed E-state index contributed by atoms with van der Waals surface area (Å²) < 4.78 is 0. The van der Waals surface area contributed by atoms with E-state index in [1.807, 2.05) is 0 Å². The van der Waals surface area contributed by atoms with Gasteiger partial charge in [-0.25, -0.2) is 0 Å². The third-order valence-corrected chi connectivity index (χ3v) is 10.5. The Hall–Kier alpha value is -2.10. The fourth-order valence-electron chi connectivity index (χ4n) is 4.78. The average molecular weight is 689 g/mol. The van der Waals surface area contributed by atoms with Crippen LogP contribution >= 0.6 is 16.4 Å². The zero-order chi connectivity index (χ0) is 26.5. The Morgan fingerprint density at radius 3 is 0.659 bits per heavy atom. The summed E-state index contributed by atoms with van der Waals surface area (Å²) in [5, 5.41) is 5.77. The third kappa shape index (κ3) is 8.05. The van der Waals surface area contributed by atoms with Crippen LogP contribution in [0.25, 0.3) is 43.4 Å². The molecule has 204 valence electrons. The standard InChI is InChI=1S/2C18H16P.2ClH.Zr/c2*1-13-14(2)18(16-11-7-4-8-12-16)19-17(13)15-9-5-3-6-10-15;;;/h2*3-12H,1-2H3;2*1H;/q2*-1;;;+4/p-2. The Bertz CT molecular complexity index is 1380. The van der Waals surface area contributed by atoms with Gasteiger partial charge in [0.15, 0.2) is 0 Å². The van der Waals surface area contributed by atoms with Gasteiger partial charge in [-0.2, -0.15) is 21.2 Å². The maximum atomic E-state index is 2.24. The molecule has 2 heterocycles. The fraction of sp³-hybridized carbons (Fsp3) is 0.111. The summed E-state index contributed by atoms with van der Waals surface area (Å²) in [6.07, 6.45) is 0. The Labute approximate surface area is 280 Å². The summed E-state index contributed by atoms with van der Waals surface area (Å²) in [4.78, 5) is 0. The first-order valence-electron chi connectivity index (χ1n) is 13.0. The minimum absolute atomic E-state index is 0. The summed E-state index contributed by atoms with van der Waals surface area (Å²) in [6.45, 7) is 8.95. The van der Waals surface area contributed by atoms with Crippen molar-refractivity contribution in [3.05, 3.63) is 144 Å². The van der Waals surface area contributed by atoms with E-state index in [2.05, 4.69) is 149 Å². The van der Waals surface area contributed by atoms with Crippen LogP contribution in [0.1, 0.15) is 22.3 Å². The van der Waals surface area contributed by atoms with Crippen molar-refractivity contribution in [2.75, 3.05) is 0 Å². The van der Waals surface area contributed by atoms with Gasteiger partial charge in [0, 0.05) is 0 Å². The molecule has 0 aliphatic rings. The molecule has 0 spiro atoms. The first kappa shape index (κ1) is 35.1. The molecule has 0 fully saturated rings. The van der Waals surface area contributed by atoms with E-state index >= 15 is 0 Å². The van der Waals surface area contributed by atoms with Gasteiger partial charge in [-0.05, 0) is 49.9 Å². The molecule has 0 unspecified atom stereocenters. The summed E-state index contributed by atoms with van der Waals surface area (Å²) in [5.41, 5.74) is 11.1. The van der Waals surface area contributed by atoms with Crippen LogP contribution in [0.15, 0.2) is 121 Å². The normalized spacial score (nSPS) is 9.85. The molecule has 5 heteroatoms. The minimum atomic E-state index is 0. The van der Waals surface area contributed by atoms with E-state index in [4.69, 9.17) is 0 Å². The van der Waals surface area contributed by atoms with Crippen molar-refractivity contribution in [2.24, 2.45) is 0 Å². The topological polar surface area (TPSA) is 0 Å². The molecule has 4 aromatic carbocycles. The molecule has 0 aliphatic carbocycles. The van der Waals surface area contributed by atoms with E-state index in [0.717, 1.165) is 0 Å². The quantitative estimate of drug-likeness (QED) is 0.217. The molecule has 0 atom stereocenters. The molecule has 0 N–H and O–H groups in total. The van der Waals surface area contributed by atoms with Crippen molar-refractivity contribution in [3.8, 4) is 43.4 Å². The Morgan fingerprint density at radius 2 is 0.488 bits per heavy atom. The first-order valence-corrected chi connectivity index (χ1v) is 14.8. The molecule has 41 heavy (non-hydrogen) atoms. The third-order valence-electron chi connectivity index (χ3n) is 7.18. The summed E-state index contributed by atoms with van der Waals surface area (Å²) in [7, 11) is 2.66. The van der Waals surface area contributed by atoms with Gasteiger partial charge in [0.25, 0.3) is 0 Å². The molecular formula is C36H32Cl2P2Zr. The molecule has 0 saturated carbocycles. The predicted molar refractivity (Wildman–Crippen MR) is 170 cm³/mol. The predicted octanol–water partition coefficient (Wildman–Crippen LogP) is 5.88. The van der Waals surface area contributed by atoms with Gasteiger partial charge in [-0.15, -0.1) is 0 Å². The van der Waals surface area contributed by atoms with Crippen LogP contribution in [0.4, 0.5) is 0 Å². The minimum Gasteiger partial charge on any atom is -1.00 e. The van der Waals surface area contributed by atoms with Gasteiger partial charge >= 0.3 is 26.2 Å². The molecule has 2 aromatic heterocycles. The molecule has 0 amide bonds. The van der Waals surface area contributed by atoms with Crippen LogP contribution in [0, 0.1) is 27.7 Å². The van der Waals surface area contributed by atoms with Crippen LogP contribution < -0.4 is 24.8 Å². The molecule has 0 bridgehead atoms. The summed E-state index contributed by atoms with van der Waals surface area (Å²) in [5.74, 6) is 0. The zero-order valence-electron chi connectivity index (χ0n) is 23.7. The molecule has 0 aliphatic heterocycles. The first-order chi connectivity index (χ1) is 18.5. The van der Waals surface area contributed by atoms with E-state index in [1.54, 1.807) is 0 Å².